The minimum Gasteiger partial charge on any atom is -0.371 e. The molecular weight excluding hydrogens is 442 g/mol. The molecule has 2 fully saturated rings. The van der Waals surface area contributed by atoms with E-state index in [2.05, 4.69) is 36.2 Å². The van der Waals surface area contributed by atoms with Crippen LogP contribution in [0.4, 0.5) is 11.4 Å². The van der Waals surface area contributed by atoms with Gasteiger partial charge in [-0.05, 0) is 71.8 Å². The normalized spacial score (nSPS) is 17.9. The number of hydrogen-bond acceptors (Lipinski definition) is 4. The van der Waals surface area contributed by atoms with Gasteiger partial charge >= 0.3 is 0 Å². The number of fused-ring (bicyclic) bond motifs is 1. The summed E-state index contributed by atoms with van der Waals surface area (Å²) in [6.45, 7) is 6.33. The number of anilines is 2. The van der Waals surface area contributed by atoms with Crippen molar-refractivity contribution in [2.75, 3.05) is 22.9 Å². The third kappa shape index (κ3) is 3.99. The number of rotatable bonds is 4. The Bertz CT molecular complexity index is 1320. The van der Waals surface area contributed by atoms with Crippen molar-refractivity contribution in [3.05, 3.63) is 77.4 Å². The van der Waals surface area contributed by atoms with Gasteiger partial charge in [0.05, 0.1) is 5.69 Å². The van der Waals surface area contributed by atoms with Gasteiger partial charge in [-0.25, -0.2) is 0 Å². The highest BCUT2D eigenvalue weighted by molar-refractivity contribution is 7.80. The van der Waals surface area contributed by atoms with Gasteiger partial charge < -0.3 is 4.90 Å². The lowest BCUT2D eigenvalue weighted by Gasteiger charge is -2.29. The number of amides is 2. The van der Waals surface area contributed by atoms with Crippen LogP contribution in [0.2, 0.25) is 0 Å². The van der Waals surface area contributed by atoms with Crippen molar-refractivity contribution in [1.82, 2.24) is 5.32 Å². The summed E-state index contributed by atoms with van der Waals surface area (Å²) in [6.07, 6.45) is 4.08. The number of carbonyl (C=O) groups excluding carboxylic acids is 2. The van der Waals surface area contributed by atoms with Crippen molar-refractivity contribution < 1.29 is 9.59 Å². The molecular formula is C28H27N3O2S. The van der Waals surface area contributed by atoms with Crippen LogP contribution in [0.15, 0.2) is 66.2 Å². The maximum Gasteiger partial charge on any atom is 0.270 e. The third-order valence-corrected chi connectivity index (χ3v) is 6.89. The van der Waals surface area contributed by atoms with Gasteiger partial charge in [0.2, 0.25) is 0 Å². The van der Waals surface area contributed by atoms with Crippen molar-refractivity contribution in [2.24, 2.45) is 0 Å². The summed E-state index contributed by atoms with van der Waals surface area (Å²) in [5, 5.41) is 4.93. The van der Waals surface area contributed by atoms with Crippen LogP contribution >= 0.6 is 12.2 Å². The molecule has 5 nitrogen and oxygen atoms in total. The topological polar surface area (TPSA) is 52.7 Å². The molecule has 0 aliphatic carbocycles. The molecule has 172 valence electrons. The van der Waals surface area contributed by atoms with E-state index in [0.29, 0.717) is 11.6 Å². The zero-order valence-corrected chi connectivity index (χ0v) is 20.2. The average Bonchev–Trinajstić information content (AvgIpc) is 3.36. The Balaban J connectivity index is 1.55. The Morgan fingerprint density at radius 2 is 1.59 bits per heavy atom. The lowest BCUT2D eigenvalue weighted by molar-refractivity contribution is -0.122. The standard InChI is InChI=1S/C28H27N3O2S/c1-18(2)19-9-12-21(13-10-19)31-27(33)24(26(32)29-28(31)34)17-20-11-14-25(30-15-5-6-16-30)23-8-4-3-7-22(20)23/h3-4,7-14,17-18H,5-6,15-16H2,1-2H3,(H,29,32,34)/b24-17+. The van der Waals surface area contributed by atoms with Gasteiger partial charge in [-0.1, -0.05) is 56.3 Å². The molecule has 1 N–H and O–H groups in total. The molecule has 3 aromatic carbocycles. The summed E-state index contributed by atoms with van der Waals surface area (Å²) < 4.78 is 0. The van der Waals surface area contributed by atoms with E-state index in [9.17, 15) is 9.59 Å². The SMILES string of the molecule is CC(C)c1ccc(N2C(=O)/C(=C/c3ccc(N4CCCC4)c4ccccc34)C(=O)NC2=S)cc1. The summed E-state index contributed by atoms with van der Waals surface area (Å²) >= 11 is 5.36. The molecule has 0 bridgehead atoms. The number of benzene rings is 3. The second-order valence-electron chi connectivity index (χ2n) is 9.12. The highest BCUT2D eigenvalue weighted by Gasteiger charge is 2.34. The van der Waals surface area contributed by atoms with Gasteiger partial charge in [0.25, 0.3) is 11.8 Å². The molecule has 3 aromatic rings. The molecule has 2 saturated heterocycles. The summed E-state index contributed by atoms with van der Waals surface area (Å²) in [5.74, 6) is -0.512. The second-order valence-corrected chi connectivity index (χ2v) is 9.50. The number of thiocarbonyl (C=S) groups is 1. The van der Waals surface area contributed by atoms with Gasteiger partial charge in [-0.15, -0.1) is 0 Å². The van der Waals surface area contributed by atoms with E-state index in [1.54, 1.807) is 6.08 Å². The average molecular weight is 470 g/mol. The molecule has 0 spiro atoms. The predicted octanol–water partition coefficient (Wildman–Crippen LogP) is 5.39. The van der Waals surface area contributed by atoms with E-state index in [-0.39, 0.29) is 10.7 Å². The van der Waals surface area contributed by atoms with E-state index in [0.717, 1.165) is 29.4 Å². The molecule has 6 heteroatoms. The molecule has 2 aliphatic rings. The Morgan fingerprint density at radius 3 is 2.26 bits per heavy atom. The molecule has 0 saturated carbocycles. The Morgan fingerprint density at radius 1 is 0.912 bits per heavy atom. The maximum absolute atomic E-state index is 13.5. The third-order valence-electron chi connectivity index (χ3n) is 6.60. The molecule has 2 heterocycles. The Labute approximate surface area is 205 Å². The first-order chi connectivity index (χ1) is 16.4. The number of nitrogens with zero attached hydrogens (tertiary/aromatic N) is 2. The molecule has 2 amide bonds. The minimum atomic E-state index is -0.474. The Kier molecular flexibility index (Phi) is 5.92. The Hall–Kier alpha value is -3.51. The maximum atomic E-state index is 13.5. The van der Waals surface area contributed by atoms with E-state index in [1.807, 2.05) is 48.5 Å². The quantitative estimate of drug-likeness (QED) is 0.316. The minimum absolute atomic E-state index is 0.0700. The molecule has 2 aliphatic heterocycles. The second kappa shape index (κ2) is 9.03. The zero-order chi connectivity index (χ0) is 23.8. The first-order valence-corrected chi connectivity index (χ1v) is 12.1. The molecule has 34 heavy (non-hydrogen) atoms. The van der Waals surface area contributed by atoms with Gasteiger partial charge in [-0.3, -0.25) is 19.8 Å². The van der Waals surface area contributed by atoms with Crippen molar-refractivity contribution in [2.45, 2.75) is 32.6 Å². The summed E-state index contributed by atoms with van der Waals surface area (Å²) in [4.78, 5) is 30.1. The van der Waals surface area contributed by atoms with Crippen LogP contribution in [-0.4, -0.2) is 30.0 Å². The van der Waals surface area contributed by atoms with Gasteiger partial charge in [0.1, 0.15) is 5.57 Å². The van der Waals surface area contributed by atoms with Crippen LogP contribution in [0, 0.1) is 0 Å². The van der Waals surface area contributed by atoms with Crippen LogP contribution in [0.3, 0.4) is 0 Å². The van der Waals surface area contributed by atoms with Gasteiger partial charge in [0.15, 0.2) is 5.11 Å². The summed E-state index contributed by atoms with van der Waals surface area (Å²) in [6, 6.07) is 20.0. The van der Waals surface area contributed by atoms with Gasteiger partial charge in [0, 0.05) is 24.2 Å². The molecule has 0 radical (unpaired) electrons. The van der Waals surface area contributed by atoms with Crippen molar-refractivity contribution in [3.8, 4) is 0 Å². The lowest BCUT2D eigenvalue weighted by Crippen LogP contribution is -2.54. The first-order valence-electron chi connectivity index (χ1n) is 11.7. The van der Waals surface area contributed by atoms with Crippen LogP contribution in [0.1, 0.15) is 43.7 Å². The fourth-order valence-corrected chi connectivity index (χ4v) is 5.00. The highest BCUT2D eigenvalue weighted by atomic mass is 32.1. The summed E-state index contributed by atoms with van der Waals surface area (Å²) in [5.41, 5.74) is 3.91. The van der Waals surface area contributed by atoms with Crippen molar-refractivity contribution in [1.29, 1.82) is 0 Å². The predicted molar refractivity (Wildman–Crippen MR) is 142 cm³/mol. The van der Waals surface area contributed by atoms with Crippen LogP contribution < -0.4 is 15.1 Å². The first kappa shape index (κ1) is 22.3. The van der Waals surface area contributed by atoms with E-state index < -0.39 is 11.8 Å². The molecule has 5 rings (SSSR count). The van der Waals surface area contributed by atoms with Crippen LogP contribution in [0.25, 0.3) is 16.8 Å². The number of hydrogen-bond donors (Lipinski definition) is 1. The van der Waals surface area contributed by atoms with Gasteiger partial charge in [-0.2, -0.15) is 0 Å². The molecule has 0 aromatic heterocycles. The summed E-state index contributed by atoms with van der Waals surface area (Å²) in [7, 11) is 0. The molecule has 0 atom stereocenters. The monoisotopic (exact) mass is 469 g/mol. The van der Waals surface area contributed by atoms with E-state index in [1.165, 1.54) is 29.0 Å². The van der Waals surface area contributed by atoms with E-state index >= 15 is 0 Å². The lowest BCUT2D eigenvalue weighted by atomic mass is 9.99. The smallest absolute Gasteiger partial charge is 0.270 e. The number of carbonyl (C=O) groups is 2. The highest BCUT2D eigenvalue weighted by Crippen LogP contribution is 2.33. The largest absolute Gasteiger partial charge is 0.371 e. The fraction of sp³-hybridized carbons (Fsp3) is 0.250. The number of nitrogens with one attached hydrogen (secondary N) is 1. The van der Waals surface area contributed by atoms with Crippen molar-refractivity contribution in [3.63, 3.8) is 0 Å². The zero-order valence-electron chi connectivity index (χ0n) is 19.4. The van der Waals surface area contributed by atoms with E-state index in [4.69, 9.17) is 12.2 Å². The fourth-order valence-electron chi connectivity index (χ4n) is 4.72. The molecule has 0 unspecified atom stereocenters. The van der Waals surface area contributed by atoms with Crippen LogP contribution in [-0.2, 0) is 9.59 Å². The van der Waals surface area contributed by atoms with Crippen LogP contribution in [0.5, 0.6) is 0 Å². The van der Waals surface area contributed by atoms with Crippen molar-refractivity contribution >= 4 is 57.4 Å².